The largest absolute Gasteiger partial charge is 1.00 e. The number of hydrogen-bond donors (Lipinski definition) is 0. The van der Waals surface area contributed by atoms with Crippen LogP contribution >= 0.6 is 15.8 Å². The minimum absolute atomic E-state index is 0. The van der Waals surface area contributed by atoms with E-state index in [1.165, 1.54) is 102 Å². The molecule has 4 heteroatoms. The Morgan fingerprint density at radius 1 is 0.256 bits per heavy atom. The molecule has 0 spiro atoms. The monoisotopic (exact) mass is 1500 g/mol. The molecule has 0 nitrogen and oxygen atoms in total. The van der Waals surface area contributed by atoms with Gasteiger partial charge in [-0.2, -0.15) is 0 Å². The van der Waals surface area contributed by atoms with Crippen molar-refractivity contribution in [2.24, 2.45) is 0 Å². The quantitative estimate of drug-likeness (QED) is 0.0355. The molecule has 2 aliphatic rings. The fraction of sp³-hybridized carbons (Fsp3) is 0.0732. The number of hydrogen-bond acceptors (Lipinski definition) is 0. The fourth-order valence-corrected chi connectivity index (χ4v) is 18.7. The summed E-state index contributed by atoms with van der Waals surface area (Å²) in [5, 5.41) is 6.13. The molecule has 0 N–H and O–H groups in total. The minimum atomic E-state index is -0.714. The standard InChI is InChI=1S/C28H28P2.2C27H17.2Au/c1-5-15-25(16-6-1)29(26-17-7-2-8-18-26)23-13-14-24-30(27-19-9-3-10-20-27)28-21-11-4-12-22-28;2*1-2-20-12-11-19-25-26(20)23-17-9-10-18-24(23)27(25,21-13-5-3-6-14-21)22-15-7-4-8-16-22;;/h1-12,15-22H,13-14,23-24H2;2*3-19H;;/q;2*-1;2*+1/p+2. The van der Waals surface area contributed by atoms with Crippen molar-refractivity contribution in [3.8, 4) is 34.1 Å². The van der Waals surface area contributed by atoms with Gasteiger partial charge in [0.05, 0.1) is 60.2 Å². The summed E-state index contributed by atoms with van der Waals surface area (Å²) in [6.45, 7) is 0. The van der Waals surface area contributed by atoms with Crippen LogP contribution in [0.15, 0.2) is 328 Å². The van der Waals surface area contributed by atoms with Gasteiger partial charge in [0, 0.05) is 0 Å². The van der Waals surface area contributed by atoms with Gasteiger partial charge >= 0.3 is 44.8 Å². The van der Waals surface area contributed by atoms with Gasteiger partial charge in [-0.3, -0.25) is 11.8 Å². The third-order valence-electron chi connectivity index (χ3n) is 16.8. The molecule has 12 aromatic rings. The zero-order valence-corrected chi connectivity index (χ0v) is 53.9. The van der Waals surface area contributed by atoms with Gasteiger partial charge in [0.2, 0.25) is 0 Å². The van der Waals surface area contributed by atoms with Gasteiger partial charge in [0.1, 0.15) is 0 Å². The van der Waals surface area contributed by atoms with Gasteiger partial charge in [0.15, 0.2) is 0 Å². The summed E-state index contributed by atoms with van der Waals surface area (Å²) in [5.41, 5.74) is 15.5. The average Bonchev–Trinajstić information content (AvgIpc) is 1.56. The van der Waals surface area contributed by atoms with E-state index < -0.39 is 15.8 Å². The number of rotatable bonds is 13. The van der Waals surface area contributed by atoms with Gasteiger partial charge in [-0.25, -0.2) is 0 Å². The van der Waals surface area contributed by atoms with Crippen molar-refractivity contribution in [2.75, 3.05) is 12.3 Å². The van der Waals surface area contributed by atoms with Crippen LogP contribution in [0.5, 0.6) is 0 Å². The van der Waals surface area contributed by atoms with E-state index in [1.807, 2.05) is 24.3 Å². The van der Waals surface area contributed by atoms with E-state index >= 15 is 0 Å². The van der Waals surface area contributed by atoms with Crippen molar-refractivity contribution < 1.29 is 44.8 Å². The van der Waals surface area contributed by atoms with Crippen LogP contribution in [0.4, 0.5) is 0 Å². The summed E-state index contributed by atoms with van der Waals surface area (Å²) in [5.74, 6) is 5.32. The Kier molecular flexibility index (Phi) is 20.6. The zero-order valence-electron chi connectivity index (χ0n) is 47.6. The fourth-order valence-electron chi connectivity index (χ4n) is 13.3. The minimum Gasteiger partial charge on any atom is -0.366 e. The smallest absolute Gasteiger partial charge is 0.366 e. The van der Waals surface area contributed by atoms with Crippen LogP contribution in [0.1, 0.15) is 68.5 Å². The maximum absolute atomic E-state index is 7.84. The zero-order chi connectivity index (χ0) is 57.0. The summed E-state index contributed by atoms with van der Waals surface area (Å²) in [6, 6.07) is 117. The van der Waals surface area contributed by atoms with Gasteiger partial charge in [-0.1, -0.05) is 278 Å². The Morgan fingerprint density at radius 3 is 0.756 bits per heavy atom. The van der Waals surface area contributed by atoms with Crippen LogP contribution < -0.4 is 21.2 Å². The Bertz CT molecular complexity index is 3770. The third kappa shape index (κ3) is 12.0. The van der Waals surface area contributed by atoms with Crippen LogP contribution in [-0.4, -0.2) is 12.3 Å². The summed E-state index contributed by atoms with van der Waals surface area (Å²) in [7, 11) is -1.43. The molecule has 0 bridgehead atoms. The number of unbranched alkanes of at least 4 members (excludes halogenated alkanes) is 1. The molecule has 0 amide bonds. The van der Waals surface area contributed by atoms with Crippen molar-refractivity contribution in [3.05, 3.63) is 396 Å². The first-order valence-corrected chi connectivity index (χ1v) is 32.5. The molecule has 2 aliphatic carbocycles. The molecular weight excluding hydrogens is 1440 g/mol. The first-order valence-electron chi connectivity index (χ1n) is 29.1. The number of fused-ring (bicyclic) bond motifs is 6. The topological polar surface area (TPSA) is 0 Å². The Balaban J connectivity index is 0.000000142. The maximum Gasteiger partial charge on any atom is 1.00 e. The van der Waals surface area contributed by atoms with Gasteiger partial charge < -0.3 is 12.8 Å². The summed E-state index contributed by atoms with van der Waals surface area (Å²) in [6.07, 6.45) is 20.9. The SMILES string of the molecule is [Au+].[Au+].[C-]#Cc1cccc2c1-c1ccccc1C2(c1ccccc1)c1ccccc1.[C-]#Cc1cccc2c1-c1ccccc1C2(c1ccccc1)c1ccccc1.c1ccc([PH+](CCCC[PH+](c2ccccc2)c2ccccc2)c2ccccc2)cc1. The van der Waals surface area contributed by atoms with Gasteiger partial charge in [-0.05, 0) is 117 Å². The molecule has 0 atom stereocenters. The third-order valence-corrected chi connectivity index (χ3v) is 22.7. The first kappa shape index (κ1) is 61.2. The Labute approximate surface area is 543 Å². The van der Waals surface area contributed by atoms with Crippen LogP contribution in [0.3, 0.4) is 0 Å². The van der Waals surface area contributed by atoms with E-state index in [0.717, 1.165) is 22.3 Å². The second-order valence-electron chi connectivity index (χ2n) is 21.4. The molecule has 422 valence electrons. The number of benzene rings is 12. The molecule has 0 saturated heterocycles. The van der Waals surface area contributed by atoms with Crippen LogP contribution in [-0.2, 0) is 55.6 Å². The molecule has 0 fully saturated rings. The molecule has 0 aromatic heterocycles. The van der Waals surface area contributed by atoms with E-state index in [-0.39, 0.29) is 55.6 Å². The predicted octanol–water partition coefficient (Wildman–Crippen LogP) is 17.5. The predicted molar refractivity (Wildman–Crippen MR) is 360 cm³/mol. The van der Waals surface area contributed by atoms with Crippen molar-refractivity contribution >= 4 is 37.1 Å². The van der Waals surface area contributed by atoms with Crippen LogP contribution in [0, 0.1) is 24.7 Å². The molecular formula is C82H64Au2P2+2. The summed E-state index contributed by atoms with van der Waals surface area (Å²) >= 11 is 0. The maximum atomic E-state index is 7.84. The molecule has 86 heavy (non-hydrogen) atoms. The van der Waals surface area contributed by atoms with Crippen molar-refractivity contribution in [1.82, 2.24) is 0 Å². The normalized spacial score (nSPS) is 12.3. The average molecular weight is 1510 g/mol. The van der Waals surface area contributed by atoms with Crippen LogP contribution in [0.2, 0.25) is 0 Å². The molecule has 0 aliphatic heterocycles. The van der Waals surface area contributed by atoms with Gasteiger partial charge in [-0.15, -0.1) is 23.3 Å². The molecule has 0 radical (unpaired) electrons. The Hall–Kier alpha value is -7.90. The van der Waals surface area contributed by atoms with Crippen LogP contribution in [0.25, 0.3) is 22.3 Å². The van der Waals surface area contributed by atoms with Crippen molar-refractivity contribution in [3.63, 3.8) is 0 Å². The molecule has 0 unspecified atom stereocenters. The second-order valence-corrected chi connectivity index (χ2v) is 26.6. The van der Waals surface area contributed by atoms with E-state index in [1.54, 1.807) is 0 Å². The molecule has 0 saturated carbocycles. The molecule has 14 rings (SSSR count). The summed E-state index contributed by atoms with van der Waals surface area (Å²) in [4.78, 5) is 0. The van der Waals surface area contributed by atoms with E-state index in [9.17, 15) is 0 Å². The van der Waals surface area contributed by atoms with E-state index in [2.05, 4.69) is 315 Å². The van der Waals surface area contributed by atoms with Crippen molar-refractivity contribution in [1.29, 1.82) is 0 Å². The molecule has 12 aromatic carbocycles. The van der Waals surface area contributed by atoms with E-state index in [4.69, 9.17) is 12.8 Å². The van der Waals surface area contributed by atoms with E-state index in [0.29, 0.717) is 0 Å². The summed E-state index contributed by atoms with van der Waals surface area (Å²) < 4.78 is 0. The first-order chi connectivity index (χ1) is 41.7. The van der Waals surface area contributed by atoms with Crippen molar-refractivity contribution in [2.45, 2.75) is 23.7 Å². The second kappa shape index (κ2) is 29.0. The van der Waals surface area contributed by atoms with Gasteiger partial charge in [0.25, 0.3) is 0 Å². The Morgan fingerprint density at radius 2 is 0.488 bits per heavy atom. The molecule has 0 heterocycles.